The molecule has 0 fully saturated rings. The van der Waals surface area contributed by atoms with Crippen LogP contribution in [-0.4, -0.2) is 0 Å². The van der Waals surface area contributed by atoms with E-state index >= 15 is 0 Å². The Labute approximate surface area is 255 Å². The fourth-order valence-corrected chi connectivity index (χ4v) is 7.01. The van der Waals surface area contributed by atoms with Crippen molar-refractivity contribution in [2.45, 2.75) is 19.3 Å². The summed E-state index contributed by atoms with van der Waals surface area (Å²) in [5.74, 6) is 0. The van der Waals surface area contributed by atoms with Crippen LogP contribution in [0.2, 0.25) is 5.02 Å². The summed E-state index contributed by atoms with van der Waals surface area (Å²) in [4.78, 5) is 0. The van der Waals surface area contributed by atoms with Crippen LogP contribution in [0, 0.1) is 0 Å². The summed E-state index contributed by atoms with van der Waals surface area (Å²) in [6.45, 7) is 4.76. The molecule has 0 spiro atoms. The van der Waals surface area contributed by atoms with E-state index in [0.717, 1.165) is 15.1 Å². The molecule has 0 unspecified atom stereocenters. The first-order valence-corrected chi connectivity index (χ1v) is 15.1. The van der Waals surface area contributed by atoms with Gasteiger partial charge in [0, 0.05) is 14.9 Å². The first-order valence-electron chi connectivity index (χ1n) is 13.9. The predicted molar refractivity (Wildman–Crippen MR) is 178 cm³/mol. The van der Waals surface area contributed by atoms with Crippen LogP contribution in [0.1, 0.15) is 25.0 Å². The van der Waals surface area contributed by atoms with Crippen LogP contribution in [0.5, 0.6) is 0 Å². The molecule has 7 rings (SSSR count). The zero-order valence-corrected chi connectivity index (χ0v) is 25.3. The van der Waals surface area contributed by atoms with E-state index in [4.69, 9.17) is 11.6 Å². The smallest absolute Gasteiger partial charge is 0.0406 e. The van der Waals surface area contributed by atoms with Crippen molar-refractivity contribution < 1.29 is 0 Å². The SMILES string of the molecule is CC1(C)c2ccccc2-c2c(-c3ccccc3)c(-c3ccc(Br)cc3)c(-c3ccc(Cl)cc3)c(-c3ccccc3)c21. The fourth-order valence-electron chi connectivity index (χ4n) is 6.62. The Bertz CT molecular complexity index is 1890. The zero-order chi connectivity index (χ0) is 28.1. The molecule has 2 heteroatoms. The number of benzene rings is 6. The van der Waals surface area contributed by atoms with Gasteiger partial charge in [0.2, 0.25) is 0 Å². The molecule has 0 aliphatic heterocycles. The summed E-state index contributed by atoms with van der Waals surface area (Å²) >= 11 is 10.1. The van der Waals surface area contributed by atoms with Gasteiger partial charge in [-0.15, -0.1) is 0 Å². The molecule has 0 saturated heterocycles. The number of halogens is 2. The molecule has 0 aromatic heterocycles. The molecule has 0 bridgehead atoms. The first kappa shape index (κ1) is 26.0. The first-order chi connectivity index (χ1) is 19.9. The van der Waals surface area contributed by atoms with E-state index in [1.165, 1.54) is 61.2 Å². The van der Waals surface area contributed by atoms with E-state index in [0.29, 0.717) is 0 Å². The molecule has 0 radical (unpaired) electrons. The van der Waals surface area contributed by atoms with Gasteiger partial charge >= 0.3 is 0 Å². The molecule has 6 aromatic carbocycles. The standard InChI is InChI=1S/C39H28BrCl/c1-39(2)32-16-10-9-15-31(32)37-35(25-11-5-3-6-12-25)33(27-17-21-29(40)22-18-27)34(28-19-23-30(41)24-20-28)36(38(37)39)26-13-7-4-8-14-26/h3-24H,1-2H3. The van der Waals surface area contributed by atoms with E-state index in [1.54, 1.807) is 0 Å². The molecular formula is C39H28BrCl. The van der Waals surface area contributed by atoms with Gasteiger partial charge in [0.1, 0.15) is 0 Å². The van der Waals surface area contributed by atoms with Gasteiger partial charge in [-0.1, -0.05) is 151 Å². The van der Waals surface area contributed by atoms with Crippen LogP contribution < -0.4 is 0 Å². The summed E-state index contributed by atoms with van der Waals surface area (Å²) in [7, 11) is 0. The number of hydrogen-bond donors (Lipinski definition) is 0. The summed E-state index contributed by atoms with van der Waals surface area (Å²) in [6.07, 6.45) is 0. The molecule has 0 heterocycles. The Morgan fingerprint density at radius 3 is 1.51 bits per heavy atom. The highest BCUT2D eigenvalue weighted by Crippen LogP contribution is 2.61. The second-order valence-corrected chi connectivity index (χ2v) is 12.5. The normalized spacial score (nSPS) is 13.1. The molecule has 1 aliphatic carbocycles. The van der Waals surface area contributed by atoms with Crippen LogP contribution in [0.3, 0.4) is 0 Å². The Morgan fingerprint density at radius 1 is 0.463 bits per heavy atom. The van der Waals surface area contributed by atoms with Gasteiger partial charge < -0.3 is 0 Å². The Morgan fingerprint density at radius 2 is 0.902 bits per heavy atom. The minimum absolute atomic E-state index is 0.208. The van der Waals surface area contributed by atoms with Crippen molar-refractivity contribution in [3.8, 4) is 55.6 Å². The molecule has 0 amide bonds. The Balaban J connectivity index is 1.78. The minimum atomic E-state index is -0.208. The molecule has 0 N–H and O–H groups in total. The molecule has 1 aliphatic rings. The van der Waals surface area contributed by atoms with Crippen molar-refractivity contribution in [2.24, 2.45) is 0 Å². The zero-order valence-electron chi connectivity index (χ0n) is 23.0. The summed E-state index contributed by atoms with van der Waals surface area (Å²) in [5, 5.41) is 0.734. The minimum Gasteiger partial charge on any atom is -0.0843 e. The fraction of sp³-hybridized carbons (Fsp3) is 0.0769. The maximum Gasteiger partial charge on any atom is 0.0406 e. The van der Waals surface area contributed by atoms with Crippen molar-refractivity contribution in [3.63, 3.8) is 0 Å². The average Bonchev–Trinajstić information content (AvgIpc) is 3.24. The lowest BCUT2D eigenvalue weighted by Crippen LogP contribution is -2.17. The highest BCUT2D eigenvalue weighted by Gasteiger charge is 2.42. The molecule has 0 nitrogen and oxygen atoms in total. The lowest BCUT2D eigenvalue weighted by atomic mass is 9.72. The Kier molecular flexibility index (Phi) is 6.46. The van der Waals surface area contributed by atoms with E-state index < -0.39 is 0 Å². The summed E-state index contributed by atoms with van der Waals surface area (Å²) in [5.41, 5.74) is 14.9. The second kappa shape index (κ2) is 10.2. The van der Waals surface area contributed by atoms with Crippen LogP contribution in [0.4, 0.5) is 0 Å². The summed E-state index contributed by atoms with van der Waals surface area (Å²) in [6, 6.07) is 47.8. The lowest BCUT2D eigenvalue weighted by molar-refractivity contribution is 0.662. The second-order valence-electron chi connectivity index (χ2n) is 11.2. The summed E-state index contributed by atoms with van der Waals surface area (Å²) < 4.78 is 1.06. The number of rotatable bonds is 4. The third kappa shape index (κ3) is 4.27. The van der Waals surface area contributed by atoms with Gasteiger partial charge in [0.15, 0.2) is 0 Å². The van der Waals surface area contributed by atoms with Gasteiger partial charge in [-0.3, -0.25) is 0 Å². The van der Waals surface area contributed by atoms with E-state index in [-0.39, 0.29) is 5.41 Å². The maximum absolute atomic E-state index is 6.45. The van der Waals surface area contributed by atoms with Crippen molar-refractivity contribution in [1.29, 1.82) is 0 Å². The predicted octanol–water partition coefficient (Wildman–Crippen LogP) is 12.1. The average molecular weight is 612 g/mol. The van der Waals surface area contributed by atoms with E-state index in [2.05, 4.69) is 151 Å². The van der Waals surface area contributed by atoms with Crippen LogP contribution in [0.15, 0.2) is 138 Å². The van der Waals surface area contributed by atoms with Crippen molar-refractivity contribution >= 4 is 27.5 Å². The largest absolute Gasteiger partial charge is 0.0843 e. The van der Waals surface area contributed by atoms with Crippen LogP contribution in [0.25, 0.3) is 55.6 Å². The number of fused-ring (bicyclic) bond motifs is 3. The third-order valence-corrected chi connectivity index (χ3v) is 9.17. The molecule has 198 valence electrons. The topological polar surface area (TPSA) is 0 Å². The van der Waals surface area contributed by atoms with Gasteiger partial charge in [-0.25, -0.2) is 0 Å². The van der Waals surface area contributed by atoms with Crippen LogP contribution >= 0.6 is 27.5 Å². The number of hydrogen-bond acceptors (Lipinski definition) is 0. The van der Waals surface area contributed by atoms with Gasteiger partial charge in [-0.2, -0.15) is 0 Å². The monoisotopic (exact) mass is 610 g/mol. The molecule has 0 atom stereocenters. The van der Waals surface area contributed by atoms with Crippen LogP contribution in [-0.2, 0) is 5.41 Å². The quantitative estimate of drug-likeness (QED) is 0.186. The molecule has 0 saturated carbocycles. The maximum atomic E-state index is 6.45. The molecule has 41 heavy (non-hydrogen) atoms. The van der Waals surface area contributed by atoms with Crippen molar-refractivity contribution in [3.05, 3.63) is 154 Å². The molecular weight excluding hydrogens is 584 g/mol. The van der Waals surface area contributed by atoms with E-state index in [1.807, 2.05) is 12.1 Å². The highest BCUT2D eigenvalue weighted by atomic mass is 79.9. The highest BCUT2D eigenvalue weighted by molar-refractivity contribution is 9.10. The van der Waals surface area contributed by atoms with Gasteiger partial charge in [0.05, 0.1) is 0 Å². The lowest BCUT2D eigenvalue weighted by Gasteiger charge is -2.30. The third-order valence-electron chi connectivity index (χ3n) is 8.39. The Hall–Kier alpha value is -3.91. The van der Waals surface area contributed by atoms with Gasteiger partial charge in [0.25, 0.3) is 0 Å². The van der Waals surface area contributed by atoms with Crippen molar-refractivity contribution in [1.82, 2.24) is 0 Å². The van der Waals surface area contributed by atoms with E-state index in [9.17, 15) is 0 Å². The van der Waals surface area contributed by atoms with Gasteiger partial charge in [-0.05, 0) is 91.0 Å². The molecule has 6 aromatic rings. The van der Waals surface area contributed by atoms with Crippen molar-refractivity contribution in [2.75, 3.05) is 0 Å².